The molecule has 0 spiro atoms. The second kappa shape index (κ2) is 11.7. The Kier molecular flexibility index (Phi) is 8.75. The third-order valence-corrected chi connectivity index (χ3v) is 5.54. The van der Waals surface area contributed by atoms with E-state index in [1.165, 1.54) is 0 Å². The minimum Gasteiger partial charge on any atom is -0.497 e. The van der Waals surface area contributed by atoms with Crippen molar-refractivity contribution >= 4 is 46.3 Å². The van der Waals surface area contributed by atoms with Gasteiger partial charge in [-0.25, -0.2) is 5.43 Å². The summed E-state index contributed by atoms with van der Waals surface area (Å²) in [5.74, 6) is 1.49. The molecule has 0 radical (unpaired) electrons. The molecule has 0 saturated carbocycles. The van der Waals surface area contributed by atoms with Gasteiger partial charge in [0.15, 0.2) is 11.5 Å². The number of nitrogens with one attached hydrogen (secondary N) is 1. The van der Waals surface area contributed by atoms with E-state index in [0.29, 0.717) is 41.0 Å². The fourth-order valence-electron chi connectivity index (χ4n) is 2.83. The second-order valence-electron chi connectivity index (χ2n) is 6.57. The minimum atomic E-state index is -0.334. The molecular formula is C24H22ClIN2O4. The van der Waals surface area contributed by atoms with Gasteiger partial charge in [0.25, 0.3) is 5.91 Å². The molecule has 3 aromatic carbocycles. The third kappa shape index (κ3) is 6.37. The van der Waals surface area contributed by atoms with Crippen LogP contribution in [0.4, 0.5) is 0 Å². The number of carbonyl (C=O) groups is 1. The largest absolute Gasteiger partial charge is 0.497 e. The van der Waals surface area contributed by atoms with Crippen LogP contribution in [-0.2, 0) is 6.61 Å². The van der Waals surface area contributed by atoms with E-state index in [1.54, 1.807) is 37.6 Å². The van der Waals surface area contributed by atoms with Crippen LogP contribution in [0, 0.1) is 3.57 Å². The first kappa shape index (κ1) is 23.9. The molecule has 0 aromatic heterocycles. The van der Waals surface area contributed by atoms with Crippen LogP contribution in [0.3, 0.4) is 0 Å². The van der Waals surface area contributed by atoms with Gasteiger partial charge < -0.3 is 14.2 Å². The van der Waals surface area contributed by atoms with E-state index in [9.17, 15) is 4.79 Å². The maximum absolute atomic E-state index is 12.3. The Morgan fingerprint density at radius 2 is 1.94 bits per heavy atom. The van der Waals surface area contributed by atoms with Crippen molar-refractivity contribution in [1.82, 2.24) is 5.43 Å². The Labute approximate surface area is 205 Å². The summed E-state index contributed by atoms with van der Waals surface area (Å²) >= 11 is 8.41. The molecule has 0 bridgehead atoms. The van der Waals surface area contributed by atoms with Crippen molar-refractivity contribution in [2.24, 2.45) is 5.10 Å². The van der Waals surface area contributed by atoms with Crippen LogP contribution >= 0.6 is 34.2 Å². The number of benzene rings is 3. The lowest BCUT2D eigenvalue weighted by Gasteiger charge is -2.15. The van der Waals surface area contributed by atoms with Crippen LogP contribution in [0.5, 0.6) is 17.2 Å². The van der Waals surface area contributed by atoms with E-state index in [1.807, 2.05) is 43.3 Å². The molecule has 8 heteroatoms. The molecule has 0 atom stereocenters. The first-order chi connectivity index (χ1) is 15.5. The Bertz CT molecular complexity index is 1120. The van der Waals surface area contributed by atoms with Gasteiger partial charge in [0.2, 0.25) is 0 Å². The Hall–Kier alpha value is -2.78. The number of hydrogen-bond acceptors (Lipinski definition) is 5. The Morgan fingerprint density at radius 3 is 2.69 bits per heavy atom. The summed E-state index contributed by atoms with van der Waals surface area (Å²) in [7, 11) is 1.55. The van der Waals surface area contributed by atoms with Crippen molar-refractivity contribution in [2.75, 3.05) is 13.7 Å². The number of ether oxygens (including phenoxy) is 3. The van der Waals surface area contributed by atoms with Crippen LogP contribution in [0.1, 0.15) is 28.4 Å². The van der Waals surface area contributed by atoms with Gasteiger partial charge in [0.05, 0.1) is 23.5 Å². The maximum Gasteiger partial charge on any atom is 0.271 e. The summed E-state index contributed by atoms with van der Waals surface area (Å²) in [6.45, 7) is 2.70. The molecule has 0 heterocycles. The van der Waals surface area contributed by atoms with Gasteiger partial charge in [0, 0.05) is 16.1 Å². The average molecular weight is 565 g/mol. The first-order valence-corrected chi connectivity index (χ1v) is 11.3. The molecule has 1 amide bonds. The molecular weight excluding hydrogens is 543 g/mol. The van der Waals surface area contributed by atoms with Gasteiger partial charge >= 0.3 is 0 Å². The number of hydrazone groups is 1. The van der Waals surface area contributed by atoms with E-state index in [4.69, 9.17) is 25.8 Å². The molecule has 166 valence electrons. The molecule has 0 unspecified atom stereocenters. The highest BCUT2D eigenvalue weighted by atomic mass is 127. The van der Waals surface area contributed by atoms with Crippen LogP contribution in [0.15, 0.2) is 65.8 Å². The highest BCUT2D eigenvalue weighted by Crippen LogP contribution is 2.35. The summed E-state index contributed by atoms with van der Waals surface area (Å²) in [6.07, 6.45) is 1.56. The van der Waals surface area contributed by atoms with E-state index >= 15 is 0 Å². The number of nitrogens with zero attached hydrogens (tertiary/aromatic N) is 1. The average Bonchev–Trinajstić information content (AvgIpc) is 2.80. The van der Waals surface area contributed by atoms with Crippen molar-refractivity contribution in [1.29, 1.82) is 0 Å². The standard InChI is InChI=1S/C24H22ClIN2O4/c1-3-31-22-12-16(14-27-28-24(29)17-8-6-9-19(13-17)30-2)11-21(26)23(22)32-15-18-7-4-5-10-20(18)25/h4-14H,3,15H2,1-2H3,(H,28,29)/b27-14-. The number of methoxy groups -OCH3 is 1. The van der Waals surface area contributed by atoms with Gasteiger partial charge in [-0.2, -0.15) is 5.10 Å². The predicted molar refractivity (Wildman–Crippen MR) is 134 cm³/mol. The number of rotatable bonds is 9. The molecule has 32 heavy (non-hydrogen) atoms. The van der Waals surface area contributed by atoms with E-state index in [2.05, 4.69) is 33.1 Å². The zero-order valence-corrected chi connectivity index (χ0v) is 20.5. The van der Waals surface area contributed by atoms with Crippen molar-refractivity contribution in [3.05, 3.63) is 85.9 Å². The normalized spacial score (nSPS) is 10.8. The molecule has 0 aliphatic carbocycles. The first-order valence-electron chi connectivity index (χ1n) is 9.81. The smallest absolute Gasteiger partial charge is 0.271 e. The van der Waals surface area contributed by atoms with Gasteiger partial charge in [-0.3, -0.25) is 4.79 Å². The number of halogens is 2. The lowest BCUT2D eigenvalue weighted by atomic mass is 10.2. The van der Waals surface area contributed by atoms with Gasteiger partial charge in [0.1, 0.15) is 12.4 Å². The van der Waals surface area contributed by atoms with E-state index in [-0.39, 0.29) is 5.91 Å². The van der Waals surface area contributed by atoms with Gasteiger partial charge in [-0.15, -0.1) is 0 Å². The fourth-order valence-corrected chi connectivity index (χ4v) is 3.80. The van der Waals surface area contributed by atoms with Gasteiger partial charge in [-0.1, -0.05) is 35.9 Å². The number of amides is 1. The second-order valence-corrected chi connectivity index (χ2v) is 8.14. The lowest BCUT2D eigenvalue weighted by Crippen LogP contribution is -2.17. The number of hydrogen-bond donors (Lipinski definition) is 1. The minimum absolute atomic E-state index is 0.319. The molecule has 0 fully saturated rings. The summed E-state index contributed by atoms with van der Waals surface area (Å²) < 4.78 is 17.8. The van der Waals surface area contributed by atoms with Crippen LogP contribution in [0.2, 0.25) is 5.02 Å². The van der Waals surface area contributed by atoms with Crippen molar-refractivity contribution in [2.45, 2.75) is 13.5 Å². The Balaban J connectivity index is 1.73. The fraction of sp³-hybridized carbons (Fsp3) is 0.167. The van der Waals surface area contributed by atoms with E-state index < -0.39 is 0 Å². The van der Waals surface area contributed by atoms with Crippen LogP contribution < -0.4 is 19.6 Å². The summed E-state index contributed by atoms with van der Waals surface area (Å²) in [6, 6.07) is 18.1. The zero-order chi connectivity index (χ0) is 22.9. The maximum atomic E-state index is 12.3. The van der Waals surface area contributed by atoms with Crippen LogP contribution in [0.25, 0.3) is 0 Å². The van der Waals surface area contributed by atoms with Gasteiger partial charge in [-0.05, 0) is 71.5 Å². The molecule has 0 saturated heterocycles. The summed E-state index contributed by atoms with van der Waals surface area (Å²) in [5, 5.41) is 4.72. The molecule has 6 nitrogen and oxygen atoms in total. The Morgan fingerprint density at radius 1 is 1.12 bits per heavy atom. The van der Waals surface area contributed by atoms with E-state index in [0.717, 1.165) is 14.7 Å². The quantitative estimate of drug-likeness (QED) is 0.206. The summed E-state index contributed by atoms with van der Waals surface area (Å²) in [4.78, 5) is 12.3. The molecule has 1 N–H and O–H groups in total. The highest BCUT2D eigenvalue weighted by molar-refractivity contribution is 14.1. The third-order valence-electron chi connectivity index (χ3n) is 4.37. The monoisotopic (exact) mass is 564 g/mol. The topological polar surface area (TPSA) is 69.2 Å². The lowest BCUT2D eigenvalue weighted by molar-refractivity contribution is 0.0955. The van der Waals surface area contributed by atoms with Crippen molar-refractivity contribution in [3.63, 3.8) is 0 Å². The number of carbonyl (C=O) groups excluding carboxylic acids is 1. The zero-order valence-electron chi connectivity index (χ0n) is 17.6. The van der Waals surface area contributed by atoms with Crippen molar-refractivity contribution < 1.29 is 19.0 Å². The summed E-state index contributed by atoms with van der Waals surface area (Å²) in [5.41, 5.74) is 4.62. The predicted octanol–water partition coefficient (Wildman–Crippen LogP) is 5.69. The molecule has 3 aromatic rings. The molecule has 0 aliphatic heterocycles. The molecule has 0 aliphatic rings. The SMILES string of the molecule is CCOc1cc(/C=N\NC(=O)c2cccc(OC)c2)cc(I)c1OCc1ccccc1Cl. The van der Waals surface area contributed by atoms with Crippen LogP contribution in [-0.4, -0.2) is 25.8 Å². The van der Waals surface area contributed by atoms with Crippen molar-refractivity contribution in [3.8, 4) is 17.2 Å². The highest BCUT2D eigenvalue weighted by Gasteiger charge is 2.13. The molecule has 3 rings (SSSR count).